The summed E-state index contributed by atoms with van der Waals surface area (Å²) in [4.78, 5) is 12.1. The zero-order chi connectivity index (χ0) is 14.5. The fourth-order valence-electron chi connectivity index (χ4n) is 2.34. The van der Waals surface area contributed by atoms with E-state index in [9.17, 15) is 9.90 Å². The molecule has 0 heterocycles. The number of hydrogen-bond donors (Lipinski definition) is 2. The first kappa shape index (κ1) is 15.1. The summed E-state index contributed by atoms with van der Waals surface area (Å²) in [6.07, 6.45) is 2.33. The third-order valence-electron chi connectivity index (χ3n) is 3.52. The van der Waals surface area contributed by atoms with E-state index < -0.39 is 6.10 Å². The van der Waals surface area contributed by atoms with Gasteiger partial charge in [0.15, 0.2) is 6.10 Å². The van der Waals surface area contributed by atoms with Crippen LogP contribution in [0.5, 0.6) is 5.75 Å². The molecule has 0 saturated heterocycles. The number of ether oxygens (including phenoxy) is 1. The van der Waals surface area contributed by atoms with Crippen molar-refractivity contribution in [2.45, 2.75) is 50.9 Å². The van der Waals surface area contributed by atoms with Gasteiger partial charge in [0.2, 0.25) is 0 Å². The number of halogens is 1. The van der Waals surface area contributed by atoms with E-state index in [-0.39, 0.29) is 18.1 Å². The van der Waals surface area contributed by atoms with Crippen LogP contribution in [0.25, 0.3) is 0 Å². The summed E-state index contributed by atoms with van der Waals surface area (Å²) in [7, 11) is 0. The van der Waals surface area contributed by atoms with Crippen molar-refractivity contribution in [3.05, 3.63) is 29.3 Å². The smallest absolute Gasteiger partial charge is 0.260 e. The third kappa shape index (κ3) is 4.39. The zero-order valence-electron chi connectivity index (χ0n) is 11.5. The van der Waals surface area contributed by atoms with E-state index in [4.69, 9.17) is 16.3 Å². The average Bonchev–Trinajstić information content (AvgIpc) is 2.41. The second kappa shape index (κ2) is 6.95. The van der Waals surface area contributed by atoms with Gasteiger partial charge in [0.05, 0.1) is 6.10 Å². The Bertz CT molecular complexity index is 458. The molecule has 1 unspecified atom stereocenters. The highest BCUT2D eigenvalue weighted by molar-refractivity contribution is 6.30. The predicted octanol–water partition coefficient (Wildman–Crippen LogP) is 2.53. The minimum absolute atomic E-state index is 0.133. The number of hydrogen-bond acceptors (Lipinski definition) is 3. The van der Waals surface area contributed by atoms with Gasteiger partial charge in [-0.25, -0.2) is 0 Å². The number of aliphatic hydroxyl groups excluding tert-OH is 1. The van der Waals surface area contributed by atoms with Gasteiger partial charge in [0.25, 0.3) is 5.91 Å². The largest absolute Gasteiger partial charge is 0.481 e. The maximum atomic E-state index is 12.1. The van der Waals surface area contributed by atoms with Crippen molar-refractivity contribution in [1.29, 1.82) is 0 Å². The van der Waals surface area contributed by atoms with Crippen LogP contribution in [0, 0.1) is 0 Å². The highest BCUT2D eigenvalue weighted by atomic mass is 35.5. The molecule has 110 valence electrons. The monoisotopic (exact) mass is 297 g/mol. The molecule has 0 radical (unpaired) electrons. The number of benzene rings is 1. The number of nitrogens with one attached hydrogen (secondary N) is 1. The maximum Gasteiger partial charge on any atom is 0.260 e. The van der Waals surface area contributed by atoms with Gasteiger partial charge >= 0.3 is 0 Å². The van der Waals surface area contributed by atoms with Crippen LogP contribution in [0.1, 0.15) is 32.6 Å². The molecule has 0 bridgehead atoms. The Morgan fingerprint density at radius 3 is 2.75 bits per heavy atom. The predicted molar refractivity (Wildman–Crippen MR) is 77.9 cm³/mol. The van der Waals surface area contributed by atoms with E-state index in [1.807, 2.05) is 0 Å². The van der Waals surface area contributed by atoms with E-state index in [2.05, 4.69) is 5.32 Å². The van der Waals surface area contributed by atoms with E-state index in [1.54, 1.807) is 31.2 Å². The summed E-state index contributed by atoms with van der Waals surface area (Å²) in [6, 6.07) is 7.13. The van der Waals surface area contributed by atoms with Crippen LogP contribution in [-0.4, -0.2) is 29.3 Å². The van der Waals surface area contributed by atoms with Crippen molar-refractivity contribution in [1.82, 2.24) is 5.32 Å². The highest BCUT2D eigenvalue weighted by Crippen LogP contribution is 2.20. The summed E-state index contributed by atoms with van der Waals surface area (Å²) < 4.78 is 5.57. The molecule has 1 amide bonds. The lowest BCUT2D eigenvalue weighted by molar-refractivity contribution is -0.128. The first-order valence-corrected chi connectivity index (χ1v) is 7.33. The topological polar surface area (TPSA) is 58.6 Å². The molecule has 0 spiro atoms. The van der Waals surface area contributed by atoms with Crippen LogP contribution < -0.4 is 10.1 Å². The fourth-order valence-corrected chi connectivity index (χ4v) is 2.52. The van der Waals surface area contributed by atoms with Gasteiger partial charge in [0, 0.05) is 11.1 Å². The zero-order valence-corrected chi connectivity index (χ0v) is 12.3. The van der Waals surface area contributed by atoms with E-state index in [0.717, 1.165) is 25.7 Å². The Labute approximate surface area is 124 Å². The SMILES string of the molecule is CC(Oc1cccc(Cl)c1)C(=O)NC1CCC(O)CC1. The molecule has 1 aliphatic carbocycles. The van der Waals surface area contributed by atoms with Gasteiger partial charge < -0.3 is 15.2 Å². The number of carbonyl (C=O) groups excluding carboxylic acids is 1. The summed E-state index contributed by atoms with van der Waals surface area (Å²) in [5.74, 6) is 0.450. The van der Waals surface area contributed by atoms with Crippen LogP contribution >= 0.6 is 11.6 Å². The highest BCUT2D eigenvalue weighted by Gasteiger charge is 2.23. The summed E-state index contributed by atoms with van der Waals surface area (Å²) in [5.41, 5.74) is 0. The Hall–Kier alpha value is -1.26. The van der Waals surface area contributed by atoms with Gasteiger partial charge in [-0.15, -0.1) is 0 Å². The number of amides is 1. The minimum Gasteiger partial charge on any atom is -0.481 e. The molecular weight excluding hydrogens is 278 g/mol. The lowest BCUT2D eigenvalue weighted by Crippen LogP contribution is -2.44. The first-order chi connectivity index (χ1) is 9.54. The lowest BCUT2D eigenvalue weighted by atomic mass is 9.93. The molecule has 2 N–H and O–H groups in total. The number of aliphatic hydroxyl groups is 1. The number of rotatable bonds is 4. The molecule has 1 atom stereocenters. The number of carbonyl (C=O) groups is 1. The molecule has 1 fully saturated rings. The molecule has 2 rings (SSSR count). The first-order valence-electron chi connectivity index (χ1n) is 6.95. The Morgan fingerprint density at radius 1 is 1.40 bits per heavy atom. The molecule has 1 aliphatic rings. The molecular formula is C15H20ClNO3. The normalized spacial score (nSPS) is 23.9. The standard InChI is InChI=1S/C15H20ClNO3/c1-10(20-14-4-2-3-11(16)9-14)15(19)17-12-5-7-13(18)8-6-12/h2-4,9-10,12-13,18H,5-8H2,1H3,(H,17,19). The minimum atomic E-state index is -0.569. The van der Waals surface area contributed by atoms with Crippen LogP contribution in [0.2, 0.25) is 5.02 Å². The summed E-state index contributed by atoms with van der Waals surface area (Å²) in [6.45, 7) is 1.72. The molecule has 0 aromatic heterocycles. The molecule has 20 heavy (non-hydrogen) atoms. The second-order valence-corrected chi connectivity index (χ2v) is 5.67. The van der Waals surface area contributed by atoms with Gasteiger partial charge in [0.1, 0.15) is 5.75 Å². The van der Waals surface area contributed by atoms with Crippen LogP contribution in [0.4, 0.5) is 0 Å². The molecule has 1 aromatic rings. The fraction of sp³-hybridized carbons (Fsp3) is 0.533. The second-order valence-electron chi connectivity index (χ2n) is 5.23. The average molecular weight is 298 g/mol. The van der Waals surface area contributed by atoms with Crippen molar-refractivity contribution >= 4 is 17.5 Å². The van der Waals surface area contributed by atoms with Gasteiger partial charge in [-0.1, -0.05) is 17.7 Å². The third-order valence-corrected chi connectivity index (χ3v) is 3.76. The lowest BCUT2D eigenvalue weighted by Gasteiger charge is -2.27. The Balaban J connectivity index is 1.83. The molecule has 5 heteroatoms. The maximum absolute atomic E-state index is 12.1. The van der Waals surface area contributed by atoms with Gasteiger partial charge in [-0.2, -0.15) is 0 Å². The van der Waals surface area contributed by atoms with Crippen molar-refractivity contribution in [3.8, 4) is 5.75 Å². The van der Waals surface area contributed by atoms with Gasteiger partial charge in [-0.3, -0.25) is 4.79 Å². The van der Waals surface area contributed by atoms with Crippen LogP contribution in [0.15, 0.2) is 24.3 Å². The molecule has 1 aromatic carbocycles. The van der Waals surface area contributed by atoms with E-state index >= 15 is 0 Å². The van der Waals surface area contributed by atoms with Crippen LogP contribution in [0.3, 0.4) is 0 Å². The van der Waals surface area contributed by atoms with Gasteiger partial charge in [-0.05, 0) is 50.8 Å². The van der Waals surface area contributed by atoms with Crippen molar-refractivity contribution in [2.75, 3.05) is 0 Å². The summed E-state index contributed by atoms with van der Waals surface area (Å²) in [5, 5.41) is 13.0. The molecule has 4 nitrogen and oxygen atoms in total. The van der Waals surface area contributed by atoms with Crippen molar-refractivity contribution in [2.24, 2.45) is 0 Å². The Morgan fingerprint density at radius 2 is 2.10 bits per heavy atom. The van der Waals surface area contributed by atoms with Crippen molar-refractivity contribution in [3.63, 3.8) is 0 Å². The summed E-state index contributed by atoms with van der Waals surface area (Å²) >= 11 is 5.87. The van der Waals surface area contributed by atoms with E-state index in [1.165, 1.54) is 0 Å². The quantitative estimate of drug-likeness (QED) is 0.898. The van der Waals surface area contributed by atoms with Crippen molar-refractivity contribution < 1.29 is 14.6 Å². The molecule has 0 aliphatic heterocycles. The molecule has 1 saturated carbocycles. The van der Waals surface area contributed by atoms with Crippen LogP contribution in [-0.2, 0) is 4.79 Å². The van der Waals surface area contributed by atoms with E-state index in [0.29, 0.717) is 10.8 Å². The Kier molecular flexibility index (Phi) is 5.26.